The van der Waals surface area contributed by atoms with Gasteiger partial charge in [-0.2, -0.15) is 0 Å². The molecule has 0 amide bonds. The first-order valence-electron chi connectivity index (χ1n) is 5.64. The zero-order valence-corrected chi connectivity index (χ0v) is 9.85. The van der Waals surface area contributed by atoms with Crippen molar-refractivity contribution in [3.63, 3.8) is 0 Å². The van der Waals surface area contributed by atoms with Crippen LogP contribution in [0.2, 0.25) is 0 Å². The van der Waals surface area contributed by atoms with Crippen LogP contribution in [-0.2, 0) is 13.1 Å². The molecule has 0 aliphatic carbocycles. The van der Waals surface area contributed by atoms with Gasteiger partial charge < -0.3 is 10.4 Å². The molecule has 0 atom stereocenters. The van der Waals surface area contributed by atoms with Crippen LogP contribution in [0.15, 0.2) is 42.6 Å². The highest BCUT2D eigenvalue weighted by molar-refractivity contribution is 5.22. The molecule has 0 saturated heterocycles. The minimum Gasteiger partial charge on any atom is -0.506 e. The number of pyridine rings is 1. The number of rotatable bonds is 4. The molecule has 2 aromatic rings. The molecule has 1 aromatic carbocycles. The fourth-order valence-electron chi connectivity index (χ4n) is 1.68. The van der Waals surface area contributed by atoms with Gasteiger partial charge in [0.05, 0.1) is 11.9 Å². The van der Waals surface area contributed by atoms with E-state index in [1.165, 1.54) is 17.3 Å². The number of hydrogen-bond acceptors (Lipinski definition) is 3. The summed E-state index contributed by atoms with van der Waals surface area (Å²) in [4.78, 5) is 4.11. The van der Waals surface area contributed by atoms with Crippen molar-refractivity contribution in [2.75, 3.05) is 0 Å². The molecule has 0 aliphatic rings. The molecule has 0 radical (unpaired) electrons. The van der Waals surface area contributed by atoms with E-state index >= 15 is 0 Å². The topological polar surface area (TPSA) is 45.1 Å². The maximum absolute atomic E-state index is 9.11. The number of nitrogens with one attached hydrogen (secondary N) is 1. The summed E-state index contributed by atoms with van der Waals surface area (Å²) < 4.78 is 0. The SMILES string of the molecule is Cc1cccc(CNCc2ccc(O)cn2)c1. The summed E-state index contributed by atoms with van der Waals surface area (Å²) in [5.41, 5.74) is 3.46. The summed E-state index contributed by atoms with van der Waals surface area (Å²) in [6, 6.07) is 11.9. The van der Waals surface area contributed by atoms with Crippen molar-refractivity contribution in [3.05, 3.63) is 59.4 Å². The normalized spacial score (nSPS) is 10.4. The van der Waals surface area contributed by atoms with Crippen molar-refractivity contribution in [2.24, 2.45) is 0 Å². The predicted octanol–water partition coefficient (Wildman–Crippen LogP) is 2.39. The highest BCUT2D eigenvalue weighted by Gasteiger charge is 1.96. The van der Waals surface area contributed by atoms with Crippen LogP contribution in [-0.4, -0.2) is 10.1 Å². The minimum absolute atomic E-state index is 0.201. The molecule has 1 heterocycles. The molecule has 88 valence electrons. The van der Waals surface area contributed by atoms with Crippen LogP contribution >= 0.6 is 0 Å². The Balaban J connectivity index is 1.85. The summed E-state index contributed by atoms with van der Waals surface area (Å²) in [5.74, 6) is 0.201. The van der Waals surface area contributed by atoms with Gasteiger partial charge in [-0.05, 0) is 24.6 Å². The summed E-state index contributed by atoms with van der Waals surface area (Å²) in [6.45, 7) is 3.61. The molecule has 1 aromatic heterocycles. The van der Waals surface area contributed by atoms with E-state index in [2.05, 4.69) is 41.5 Å². The van der Waals surface area contributed by atoms with E-state index in [0.29, 0.717) is 6.54 Å². The van der Waals surface area contributed by atoms with Gasteiger partial charge >= 0.3 is 0 Å². The van der Waals surface area contributed by atoms with Crippen LogP contribution in [0.4, 0.5) is 0 Å². The molecular formula is C14H16N2O. The molecule has 0 bridgehead atoms. The summed E-state index contributed by atoms with van der Waals surface area (Å²) >= 11 is 0. The molecule has 17 heavy (non-hydrogen) atoms. The lowest BCUT2D eigenvalue weighted by atomic mass is 10.1. The Morgan fingerprint density at radius 1 is 1.18 bits per heavy atom. The molecule has 0 saturated carbocycles. The third kappa shape index (κ3) is 3.57. The van der Waals surface area contributed by atoms with Gasteiger partial charge in [-0.1, -0.05) is 29.8 Å². The van der Waals surface area contributed by atoms with Gasteiger partial charge in [-0.3, -0.25) is 4.98 Å². The fourth-order valence-corrected chi connectivity index (χ4v) is 1.68. The van der Waals surface area contributed by atoms with E-state index in [9.17, 15) is 0 Å². The van der Waals surface area contributed by atoms with Gasteiger partial charge in [0.25, 0.3) is 0 Å². The van der Waals surface area contributed by atoms with Crippen LogP contribution in [0.3, 0.4) is 0 Å². The van der Waals surface area contributed by atoms with Crippen LogP contribution in [0.25, 0.3) is 0 Å². The van der Waals surface area contributed by atoms with E-state index in [1.807, 2.05) is 6.07 Å². The van der Waals surface area contributed by atoms with Crippen LogP contribution in [0.5, 0.6) is 5.75 Å². The molecule has 2 rings (SSSR count). The molecule has 2 N–H and O–H groups in total. The third-order valence-electron chi connectivity index (χ3n) is 2.53. The monoisotopic (exact) mass is 228 g/mol. The molecule has 0 unspecified atom stereocenters. The summed E-state index contributed by atoms with van der Waals surface area (Å²) in [7, 11) is 0. The maximum Gasteiger partial charge on any atom is 0.133 e. The van der Waals surface area contributed by atoms with Crippen LogP contribution < -0.4 is 5.32 Å². The largest absolute Gasteiger partial charge is 0.506 e. The summed E-state index contributed by atoms with van der Waals surface area (Å²) in [5, 5.41) is 12.4. The Labute approximate surface area is 101 Å². The number of nitrogens with zero attached hydrogens (tertiary/aromatic N) is 1. The van der Waals surface area contributed by atoms with Crippen LogP contribution in [0, 0.1) is 6.92 Å². The number of aromatic nitrogens is 1. The number of benzene rings is 1. The van der Waals surface area contributed by atoms with Crippen molar-refractivity contribution < 1.29 is 5.11 Å². The Morgan fingerprint density at radius 3 is 2.76 bits per heavy atom. The quantitative estimate of drug-likeness (QED) is 0.844. The predicted molar refractivity (Wildman–Crippen MR) is 67.6 cm³/mol. The van der Waals surface area contributed by atoms with Gasteiger partial charge in [0.1, 0.15) is 5.75 Å². The third-order valence-corrected chi connectivity index (χ3v) is 2.53. The second-order valence-corrected chi connectivity index (χ2v) is 4.10. The minimum atomic E-state index is 0.201. The molecule has 0 aliphatic heterocycles. The Kier molecular flexibility index (Phi) is 3.73. The van der Waals surface area contributed by atoms with Gasteiger partial charge in [0.15, 0.2) is 0 Å². The van der Waals surface area contributed by atoms with Crippen molar-refractivity contribution >= 4 is 0 Å². The Morgan fingerprint density at radius 2 is 2.06 bits per heavy atom. The van der Waals surface area contributed by atoms with Gasteiger partial charge in [-0.25, -0.2) is 0 Å². The molecule has 3 heteroatoms. The second kappa shape index (κ2) is 5.46. The van der Waals surface area contributed by atoms with Gasteiger partial charge in [0, 0.05) is 13.1 Å². The van der Waals surface area contributed by atoms with Crippen molar-refractivity contribution in [2.45, 2.75) is 20.0 Å². The Hall–Kier alpha value is -1.87. The summed E-state index contributed by atoms with van der Waals surface area (Å²) in [6.07, 6.45) is 1.46. The number of aryl methyl sites for hydroxylation is 1. The van der Waals surface area contributed by atoms with E-state index in [4.69, 9.17) is 5.11 Å². The van der Waals surface area contributed by atoms with Crippen molar-refractivity contribution in [3.8, 4) is 5.75 Å². The highest BCUT2D eigenvalue weighted by atomic mass is 16.3. The first-order valence-corrected chi connectivity index (χ1v) is 5.64. The fraction of sp³-hybridized carbons (Fsp3) is 0.214. The highest BCUT2D eigenvalue weighted by Crippen LogP contribution is 2.06. The Bertz CT molecular complexity index is 480. The second-order valence-electron chi connectivity index (χ2n) is 4.10. The van der Waals surface area contributed by atoms with Crippen LogP contribution in [0.1, 0.15) is 16.8 Å². The lowest BCUT2D eigenvalue weighted by Crippen LogP contribution is -2.13. The molecule has 3 nitrogen and oxygen atoms in total. The van der Waals surface area contributed by atoms with E-state index in [0.717, 1.165) is 12.2 Å². The molecule has 0 fully saturated rings. The molecular weight excluding hydrogens is 212 g/mol. The smallest absolute Gasteiger partial charge is 0.133 e. The molecule has 0 spiro atoms. The van der Waals surface area contributed by atoms with E-state index in [-0.39, 0.29) is 5.75 Å². The first kappa shape index (κ1) is 11.6. The van der Waals surface area contributed by atoms with Crippen molar-refractivity contribution in [1.29, 1.82) is 0 Å². The standard InChI is InChI=1S/C14H16N2O/c1-11-3-2-4-12(7-11)8-15-9-13-5-6-14(17)10-16-13/h2-7,10,15,17H,8-9H2,1H3. The van der Waals surface area contributed by atoms with Crippen molar-refractivity contribution in [1.82, 2.24) is 10.3 Å². The average Bonchev–Trinajstić information content (AvgIpc) is 2.32. The first-order chi connectivity index (χ1) is 8.24. The van der Waals surface area contributed by atoms with E-state index < -0.39 is 0 Å². The van der Waals surface area contributed by atoms with Gasteiger partial charge in [-0.15, -0.1) is 0 Å². The average molecular weight is 228 g/mol. The zero-order chi connectivity index (χ0) is 12.1. The maximum atomic E-state index is 9.11. The number of aromatic hydroxyl groups is 1. The van der Waals surface area contributed by atoms with E-state index in [1.54, 1.807) is 6.07 Å². The number of hydrogen-bond donors (Lipinski definition) is 2. The lowest BCUT2D eigenvalue weighted by Gasteiger charge is -2.05. The van der Waals surface area contributed by atoms with Gasteiger partial charge in [0.2, 0.25) is 0 Å². The zero-order valence-electron chi connectivity index (χ0n) is 9.85. The lowest BCUT2D eigenvalue weighted by molar-refractivity contribution is 0.471.